The molecule has 2 aromatic rings. The molecule has 0 saturated heterocycles. The van der Waals surface area contributed by atoms with E-state index in [0.29, 0.717) is 16.4 Å². The minimum absolute atomic E-state index is 0.00352. The maximum atomic E-state index is 12.6. The lowest BCUT2D eigenvalue weighted by Crippen LogP contribution is -2.32. The van der Waals surface area contributed by atoms with Gasteiger partial charge < -0.3 is 4.74 Å². The molecule has 1 aromatic carbocycles. The summed E-state index contributed by atoms with van der Waals surface area (Å²) < 4.78 is 4.97. The van der Waals surface area contributed by atoms with Crippen molar-refractivity contribution in [2.24, 2.45) is 0 Å². The largest absolute Gasteiger partial charge is 0.462 e. The number of pyridine rings is 1. The van der Waals surface area contributed by atoms with Gasteiger partial charge in [-0.2, -0.15) is 10.5 Å². The van der Waals surface area contributed by atoms with E-state index in [-0.39, 0.29) is 35.9 Å². The van der Waals surface area contributed by atoms with Crippen molar-refractivity contribution in [2.45, 2.75) is 18.9 Å². The number of carbonyl (C=O) groups excluding carboxylic acids is 2. The van der Waals surface area contributed by atoms with Gasteiger partial charge in [-0.3, -0.25) is 9.69 Å². The number of benzene rings is 1. The quantitative estimate of drug-likeness (QED) is 0.403. The first-order valence-corrected chi connectivity index (χ1v) is 9.44. The summed E-state index contributed by atoms with van der Waals surface area (Å²) in [6, 6.07) is 14.3. The summed E-state index contributed by atoms with van der Waals surface area (Å²) in [7, 11) is 0. The zero-order chi connectivity index (χ0) is 20.5. The molecule has 8 heteroatoms. The van der Waals surface area contributed by atoms with Crippen molar-refractivity contribution in [1.82, 2.24) is 4.98 Å². The number of ether oxygens (including phenoxy) is 1. The van der Waals surface area contributed by atoms with Crippen LogP contribution in [0.3, 0.4) is 0 Å². The highest BCUT2D eigenvalue weighted by Gasteiger charge is 2.19. The summed E-state index contributed by atoms with van der Waals surface area (Å²) in [4.78, 5) is 30.3. The second kappa shape index (κ2) is 10.1. The third kappa shape index (κ3) is 5.09. The van der Waals surface area contributed by atoms with Gasteiger partial charge in [0.05, 0.1) is 35.2 Å². The molecule has 0 aliphatic rings. The second-order valence-electron chi connectivity index (χ2n) is 5.57. The number of nitrogens with zero attached hydrogens (tertiary/aromatic N) is 4. The van der Waals surface area contributed by atoms with E-state index in [2.05, 4.69) is 4.98 Å². The number of hydrogen-bond donors (Lipinski definition) is 0. The number of para-hydroxylation sites is 1. The standard InChI is InChI=1S/C20H18N4O3S/c1-3-27-20(26)17-11-15(12-22)19(23-14(17)2)28-13-18(25)24(10-9-21)16-7-5-4-6-8-16/h4-8,11H,3,10,13H2,1-2H3. The van der Waals surface area contributed by atoms with Gasteiger partial charge in [0.25, 0.3) is 0 Å². The number of esters is 1. The number of carbonyl (C=O) groups is 2. The van der Waals surface area contributed by atoms with Gasteiger partial charge in [-0.1, -0.05) is 30.0 Å². The SMILES string of the molecule is CCOC(=O)c1cc(C#N)c(SCC(=O)N(CC#N)c2ccccc2)nc1C. The second-order valence-corrected chi connectivity index (χ2v) is 6.53. The Balaban J connectivity index is 2.20. The first-order chi connectivity index (χ1) is 13.5. The van der Waals surface area contributed by atoms with Crippen molar-refractivity contribution in [1.29, 1.82) is 10.5 Å². The van der Waals surface area contributed by atoms with Gasteiger partial charge in [0.2, 0.25) is 5.91 Å². The average molecular weight is 394 g/mol. The van der Waals surface area contributed by atoms with Crippen LogP contribution in [-0.4, -0.2) is 35.8 Å². The van der Waals surface area contributed by atoms with Crippen LogP contribution in [0.25, 0.3) is 0 Å². The van der Waals surface area contributed by atoms with Gasteiger partial charge in [0.1, 0.15) is 17.6 Å². The summed E-state index contributed by atoms with van der Waals surface area (Å²) in [5, 5.41) is 18.8. The molecule has 0 saturated carbocycles. The predicted octanol–water partition coefficient (Wildman–Crippen LogP) is 3.09. The Morgan fingerprint density at radius 1 is 1.25 bits per heavy atom. The molecule has 1 amide bonds. The molecule has 0 radical (unpaired) electrons. The smallest absolute Gasteiger partial charge is 0.340 e. The molecule has 2 rings (SSSR count). The molecule has 142 valence electrons. The monoisotopic (exact) mass is 394 g/mol. The molecule has 7 nitrogen and oxygen atoms in total. The summed E-state index contributed by atoms with van der Waals surface area (Å²) in [6.45, 7) is 3.48. The van der Waals surface area contributed by atoms with E-state index in [1.54, 1.807) is 38.1 Å². The van der Waals surface area contributed by atoms with Crippen LogP contribution >= 0.6 is 11.8 Å². The molecule has 0 unspecified atom stereocenters. The number of anilines is 1. The maximum absolute atomic E-state index is 12.6. The highest BCUT2D eigenvalue weighted by molar-refractivity contribution is 8.00. The first-order valence-electron chi connectivity index (χ1n) is 8.45. The van der Waals surface area contributed by atoms with E-state index >= 15 is 0 Å². The highest BCUT2D eigenvalue weighted by Crippen LogP contribution is 2.24. The van der Waals surface area contributed by atoms with E-state index in [0.717, 1.165) is 11.8 Å². The molecule has 28 heavy (non-hydrogen) atoms. The number of hydrogen-bond acceptors (Lipinski definition) is 7. The third-order valence-corrected chi connectivity index (χ3v) is 4.70. The van der Waals surface area contributed by atoms with Crippen LogP contribution < -0.4 is 4.90 Å². The van der Waals surface area contributed by atoms with Gasteiger partial charge in [0, 0.05) is 5.69 Å². The van der Waals surface area contributed by atoms with Crippen LogP contribution in [0.15, 0.2) is 41.4 Å². The fraction of sp³-hybridized carbons (Fsp3) is 0.250. The molecule has 0 fully saturated rings. The zero-order valence-corrected chi connectivity index (χ0v) is 16.3. The van der Waals surface area contributed by atoms with Crippen LogP contribution in [0.1, 0.15) is 28.5 Å². The predicted molar refractivity (Wildman–Crippen MR) is 105 cm³/mol. The molecule has 0 aliphatic heterocycles. The minimum atomic E-state index is -0.541. The lowest BCUT2D eigenvalue weighted by molar-refractivity contribution is -0.116. The van der Waals surface area contributed by atoms with Crippen molar-refractivity contribution in [2.75, 3.05) is 23.8 Å². The van der Waals surface area contributed by atoms with Crippen molar-refractivity contribution >= 4 is 29.3 Å². The Labute approximate surface area is 167 Å². The number of amides is 1. The summed E-state index contributed by atoms with van der Waals surface area (Å²) in [6.07, 6.45) is 0. The van der Waals surface area contributed by atoms with Crippen molar-refractivity contribution in [3.8, 4) is 12.1 Å². The summed E-state index contributed by atoms with van der Waals surface area (Å²) in [5.41, 5.74) is 1.46. The first kappa shape index (κ1) is 20.9. The zero-order valence-electron chi connectivity index (χ0n) is 15.5. The van der Waals surface area contributed by atoms with E-state index in [4.69, 9.17) is 10.00 Å². The number of aryl methyl sites for hydroxylation is 1. The number of aromatic nitrogens is 1. The third-order valence-electron chi connectivity index (χ3n) is 3.72. The fourth-order valence-corrected chi connectivity index (χ4v) is 3.28. The van der Waals surface area contributed by atoms with Crippen molar-refractivity contribution < 1.29 is 14.3 Å². The summed E-state index contributed by atoms with van der Waals surface area (Å²) >= 11 is 1.09. The Morgan fingerprint density at radius 2 is 1.96 bits per heavy atom. The Hall–Kier alpha value is -3.36. The minimum Gasteiger partial charge on any atom is -0.462 e. The van der Waals surface area contributed by atoms with E-state index in [1.165, 1.54) is 11.0 Å². The molecular formula is C20H18N4O3S. The lowest BCUT2D eigenvalue weighted by Gasteiger charge is -2.19. The Bertz CT molecular complexity index is 948. The fourth-order valence-electron chi connectivity index (χ4n) is 2.40. The number of rotatable bonds is 7. The van der Waals surface area contributed by atoms with Gasteiger partial charge in [-0.25, -0.2) is 9.78 Å². The molecule has 1 aromatic heterocycles. The van der Waals surface area contributed by atoms with E-state index in [1.807, 2.05) is 18.2 Å². The summed E-state index contributed by atoms with van der Waals surface area (Å²) in [5.74, 6) is -0.826. The topological polar surface area (TPSA) is 107 Å². The van der Waals surface area contributed by atoms with Gasteiger partial charge in [0.15, 0.2) is 0 Å². The van der Waals surface area contributed by atoms with Crippen LogP contribution in [0, 0.1) is 29.6 Å². The highest BCUT2D eigenvalue weighted by atomic mass is 32.2. The van der Waals surface area contributed by atoms with E-state index in [9.17, 15) is 14.9 Å². The van der Waals surface area contributed by atoms with Crippen LogP contribution in [0.2, 0.25) is 0 Å². The molecule has 0 bridgehead atoms. The van der Waals surface area contributed by atoms with Gasteiger partial charge in [-0.15, -0.1) is 0 Å². The Kier molecular flexibility index (Phi) is 7.55. The lowest BCUT2D eigenvalue weighted by atomic mass is 10.1. The molecule has 0 spiro atoms. The van der Waals surface area contributed by atoms with E-state index < -0.39 is 5.97 Å². The van der Waals surface area contributed by atoms with Crippen molar-refractivity contribution in [3.05, 3.63) is 53.2 Å². The van der Waals surface area contributed by atoms with Gasteiger partial charge in [-0.05, 0) is 32.0 Å². The molecule has 0 N–H and O–H groups in total. The molecule has 1 heterocycles. The molecule has 0 aliphatic carbocycles. The average Bonchev–Trinajstić information content (AvgIpc) is 2.71. The van der Waals surface area contributed by atoms with Crippen LogP contribution in [0.4, 0.5) is 5.69 Å². The maximum Gasteiger partial charge on any atom is 0.340 e. The number of nitriles is 2. The van der Waals surface area contributed by atoms with Crippen LogP contribution in [-0.2, 0) is 9.53 Å². The molecular weight excluding hydrogens is 376 g/mol. The number of thioether (sulfide) groups is 1. The van der Waals surface area contributed by atoms with Gasteiger partial charge >= 0.3 is 5.97 Å². The Morgan fingerprint density at radius 3 is 2.57 bits per heavy atom. The van der Waals surface area contributed by atoms with Crippen LogP contribution in [0.5, 0.6) is 0 Å². The molecule has 0 atom stereocenters. The normalized spacial score (nSPS) is 9.86. The van der Waals surface area contributed by atoms with Crippen molar-refractivity contribution in [3.63, 3.8) is 0 Å².